The number of benzene rings is 1. The summed E-state index contributed by atoms with van der Waals surface area (Å²) >= 11 is 1.37. The quantitative estimate of drug-likeness (QED) is 0.473. The Morgan fingerprint density at radius 3 is 2.68 bits per heavy atom. The number of thiazole rings is 1. The molecule has 1 saturated heterocycles. The zero-order chi connectivity index (χ0) is 19.8. The Kier molecular flexibility index (Phi) is 5.15. The molecule has 3 aromatic rings. The summed E-state index contributed by atoms with van der Waals surface area (Å²) in [5.41, 5.74) is 2.16. The van der Waals surface area contributed by atoms with Crippen LogP contribution in [0.1, 0.15) is 0 Å². The van der Waals surface area contributed by atoms with Gasteiger partial charge in [-0.1, -0.05) is 0 Å². The van der Waals surface area contributed by atoms with Crippen molar-refractivity contribution in [2.24, 2.45) is 0 Å². The Balaban J connectivity index is 1.65. The Bertz CT molecular complexity index is 1020. The lowest BCUT2D eigenvalue weighted by atomic mass is 9.99. The maximum atomic E-state index is 12.3. The molecule has 1 fully saturated rings. The van der Waals surface area contributed by atoms with Crippen LogP contribution in [0.4, 0.5) is 0 Å². The van der Waals surface area contributed by atoms with Gasteiger partial charge in [0.15, 0.2) is 11.2 Å². The molecule has 0 unspecified atom stereocenters. The number of aliphatic hydroxyl groups excluding tert-OH is 4. The molecule has 0 aliphatic carbocycles. The molecule has 2 aromatic heterocycles. The van der Waals surface area contributed by atoms with E-state index >= 15 is 0 Å². The molecule has 1 aliphatic heterocycles. The van der Waals surface area contributed by atoms with E-state index in [1.807, 2.05) is 0 Å². The molecule has 0 bridgehead atoms. The van der Waals surface area contributed by atoms with E-state index in [0.717, 1.165) is 0 Å². The van der Waals surface area contributed by atoms with E-state index in [-0.39, 0.29) is 16.8 Å². The fourth-order valence-electron chi connectivity index (χ4n) is 2.97. The van der Waals surface area contributed by atoms with E-state index in [1.165, 1.54) is 35.6 Å². The molecule has 3 heterocycles. The summed E-state index contributed by atoms with van der Waals surface area (Å²) in [4.78, 5) is 16.5. The fourth-order valence-corrected chi connectivity index (χ4v) is 3.51. The van der Waals surface area contributed by atoms with Gasteiger partial charge < -0.3 is 34.3 Å². The zero-order valence-electron chi connectivity index (χ0n) is 14.3. The van der Waals surface area contributed by atoms with E-state index in [9.17, 15) is 25.2 Å². The predicted molar refractivity (Wildman–Crippen MR) is 98.0 cm³/mol. The highest BCUT2D eigenvalue weighted by molar-refractivity contribution is 7.07. The van der Waals surface area contributed by atoms with Crippen molar-refractivity contribution in [1.29, 1.82) is 0 Å². The number of aromatic nitrogens is 1. The van der Waals surface area contributed by atoms with Crippen LogP contribution >= 0.6 is 11.3 Å². The minimum Gasteiger partial charge on any atom is -0.462 e. The molecule has 0 radical (unpaired) electrons. The predicted octanol–water partition coefficient (Wildman–Crippen LogP) is 0.0952. The SMILES string of the molecule is O=c1cc(-c2cscn2)oc2cc(O[C@@H]3O[C@@H](CO)[C@@H](O)[C@@H](O)[C@@H]3O)ccc12. The summed E-state index contributed by atoms with van der Waals surface area (Å²) in [5, 5.41) is 41.1. The van der Waals surface area contributed by atoms with Crippen molar-refractivity contribution in [2.45, 2.75) is 30.7 Å². The van der Waals surface area contributed by atoms with Crippen LogP contribution in [0.5, 0.6) is 5.75 Å². The smallest absolute Gasteiger partial charge is 0.229 e. The van der Waals surface area contributed by atoms with Crippen LogP contribution in [-0.2, 0) is 4.74 Å². The van der Waals surface area contributed by atoms with Crippen molar-refractivity contribution in [3.05, 3.63) is 45.4 Å². The molecule has 148 valence electrons. The van der Waals surface area contributed by atoms with E-state index in [2.05, 4.69) is 4.98 Å². The first kappa shape index (κ1) is 19.0. The highest BCUT2D eigenvalue weighted by Gasteiger charge is 2.44. The van der Waals surface area contributed by atoms with Crippen LogP contribution in [-0.4, -0.2) is 62.7 Å². The van der Waals surface area contributed by atoms with Crippen molar-refractivity contribution in [2.75, 3.05) is 6.61 Å². The van der Waals surface area contributed by atoms with Crippen LogP contribution in [0.15, 0.2) is 44.4 Å². The molecule has 0 spiro atoms. The Labute approximate surface area is 162 Å². The fraction of sp³-hybridized carbons (Fsp3) is 0.333. The van der Waals surface area contributed by atoms with Crippen molar-refractivity contribution in [1.82, 2.24) is 4.98 Å². The van der Waals surface area contributed by atoms with Crippen LogP contribution in [0.2, 0.25) is 0 Å². The molecule has 9 nitrogen and oxygen atoms in total. The molecular formula is C18H17NO8S. The Hall–Kier alpha value is -2.34. The summed E-state index contributed by atoms with van der Waals surface area (Å²) in [6, 6.07) is 5.80. The average molecular weight is 407 g/mol. The number of fused-ring (bicyclic) bond motifs is 1. The van der Waals surface area contributed by atoms with Crippen LogP contribution in [0.25, 0.3) is 22.4 Å². The monoisotopic (exact) mass is 407 g/mol. The lowest BCUT2D eigenvalue weighted by Gasteiger charge is -2.39. The van der Waals surface area contributed by atoms with Gasteiger partial charge in [0.2, 0.25) is 6.29 Å². The first-order valence-corrected chi connectivity index (χ1v) is 9.36. The summed E-state index contributed by atoms with van der Waals surface area (Å²) < 4.78 is 16.6. The van der Waals surface area contributed by atoms with Gasteiger partial charge in [0.25, 0.3) is 0 Å². The van der Waals surface area contributed by atoms with E-state index in [1.54, 1.807) is 10.9 Å². The summed E-state index contributed by atoms with van der Waals surface area (Å²) in [5.74, 6) is 0.513. The standard InChI is InChI=1S/C18H17NO8S/c20-5-14-15(22)16(23)17(24)18(27-14)25-8-1-2-9-11(21)4-13(26-12(9)3-8)10-6-28-7-19-10/h1-4,6-7,14-18,20,22-24H,5H2/t14-,15+,16+,17-,18+/m0/s1. The van der Waals surface area contributed by atoms with Crippen molar-refractivity contribution in [3.63, 3.8) is 0 Å². The molecule has 10 heteroatoms. The maximum Gasteiger partial charge on any atom is 0.229 e. The summed E-state index contributed by atoms with van der Waals surface area (Å²) in [6.07, 6.45) is -6.98. The first-order valence-electron chi connectivity index (χ1n) is 8.41. The van der Waals surface area contributed by atoms with Gasteiger partial charge in [-0.2, -0.15) is 0 Å². The number of hydrogen-bond donors (Lipinski definition) is 4. The third-order valence-electron chi connectivity index (χ3n) is 4.49. The third-order valence-corrected chi connectivity index (χ3v) is 5.07. The normalized spacial score (nSPS) is 27.8. The van der Waals surface area contributed by atoms with E-state index < -0.39 is 37.3 Å². The van der Waals surface area contributed by atoms with Gasteiger partial charge in [0.1, 0.15) is 41.4 Å². The van der Waals surface area contributed by atoms with Crippen molar-refractivity contribution < 1.29 is 34.3 Å². The summed E-state index contributed by atoms with van der Waals surface area (Å²) in [7, 11) is 0. The minimum absolute atomic E-state index is 0.204. The van der Waals surface area contributed by atoms with Crippen LogP contribution < -0.4 is 10.2 Å². The van der Waals surface area contributed by atoms with Gasteiger partial charge >= 0.3 is 0 Å². The number of aliphatic hydroxyl groups is 4. The number of nitrogens with zero attached hydrogens (tertiary/aromatic N) is 1. The second-order valence-electron chi connectivity index (χ2n) is 6.32. The van der Waals surface area contributed by atoms with E-state index in [0.29, 0.717) is 16.8 Å². The minimum atomic E-state index is -1.55. The maximum absolute atomic E-state index is 12.3. The highest BCUT2D eigenvalue weighted by Crippen LogP contribution is 2.28. The number of hydrogen-bond acceptors (Lipinski definition) is 10. The van der Waals surface area contributed by atoms with Gasteiger partial charge in [-0.05, 0) is 12.1 Å². The highest BCUT2D eigenvalue weighted by atomic mass is 32.1. The van der Waals surface area contributed by atoms with Crippen molar-refractivity contribution in [3.8, 4) is 17.2 Å². The van der Waals surface area contributed by atoms with Crippen LogP contribution in [0.3, 0.4) is 0 Å². The second kappa shape index (κ2) is 7.59. The number of rotatable bonds is 4. The van der Waals surface area contributed by atoms with Gasteiger partial charge in [-0.3, -0.25) is 4.79 Å². The molecular weight excluding hydrogens is 390 g/mol. The second-order valence-corrected chi connectivity index (χ2v) is 7.04. The topological polar surface area (TPSA) is 142 Å². The molecule has 1 aliphatic rings. The van der Waals surface area contributed by atoms with Gasteiger partial charge in [-0.25, -0.2) is 4.98 Å². The zero-order valence-corrected chi connectivity index (χ0v) is 15.2. The van der Waals surface area contributed by atoms with Gasteiger partial charge in [-0.15, -0.1) is 11.3 Å². The average Bonchev–Trinajstić information content (AvgIpc) is 3.23. The lowest BCUT2D eigenvalue weighted by Crippen LogP contribution is -2.60. The molecule has 0 amide bonds. The van der Waals surface area contributed by atoms with Gasteiger partial charge in [0, 0.05) is 17.5 Å². The Morgan fingerprint density at radius 2 is 1.96 bits per heavy atom. The van der Waals surface area contributed by atoms with Crippen LogP contribution in [0, 0.1) is 0 Å². The Morgan fingerprint density at radius 1 is 1.14 bits per heavy atom. The van der Waals surface area contributed by atoms with Gasteiger partial charge in [0.05, 0.1) is 17.5 Å². The summed E-state index contributed by atoms with van der Waals surface area (Å²) in [6.45, 7) is -0.561. The molecule has 28 heavy (non-hydrogen) atoms. The largest absolute Gasteiger partial charge is 0.462 e. The molecule has 1 aromatic carbocycles. The molecule has 4 N–H and O–H groups in total. The molecule has 0 saturated carbocycles. The first-order chi connectivity index (χ1) is 13.5. The third kappa shape index (κ3) is 3.41. The van der Waals surface area contributed by atoms with Crippen molar-refractivity contribution >= 4 is 22.3 Å². The molecule has 4 rings (SSSR count). The van der Waals surface area contributed by atoms with E-state index in [4.69, 9.17) is 13.9 Å². The molecule has 5 atom stereocenters. The lowest BCUT2D eigenvalue weighted by molar-refractivity contribution is -0.277. The number of ether oxygens (including phenoxy) is 2.